The number of nitrogens with two attached hydrogens (primary N) is 1. The van der Waals surface area contributed by atoms with E-state index in [2.05, 4.69) is 5.10 Å². The van der Waals surface area contributed by atoms with Crippen LogP contribution in [0.2, 0.25) is 0 Å². The molecular weight excluding hydrogens is 120 g/mol. The summed E-state index contributed by atoms with van der Waals surface area (Å²) >= 11 is 1.62. The minimum atomic E-state index is 1.09. The van der Waals surface area contributed by atoms with Gasteiger partial charge in [-0.1, -0.05) is 6.07 Å². The van der Waals surface area contributed by atoms with E-state index in [0.717, 1.165) is 4.88 Å². The first-order valence-corrected chi connectivity index (χ1v) is 3.08. The first-order chi connectivity index (χ1) is 3.93. The monoisotopic (exact) mass is 126 g/mol. The minimum absolute atomic E-state index is 1.09. The summed E-state index contributed by atoms with van der Waals surface area (Å²) in [4.78, 5) is 1.09. The average Bonchev–Trinajstić information content (AvgIpc) is 2.19. The van der Waals surface area contributed by atoms with Gasteiger partial charge in [-0.05, 0) is 11.4 Å². The van der Waals surface area contributed by atoms with E-state index in [9.17, 15) is 0 Å². The second kappa shape index (κ2) is 2.47. The molecule has 1 aromatic rings. The van der Waals surface area contributed by atoms with Gasteiger partial charge in [0.1, 0.15) is 0 Å². The van der Waals surface area contributed by atoms with Crippen molar-refractivity contribution in [2.75, 3.05) is 0 Å². The van der Waals surface area contributed by atoms with E-state index in [1.54, 1.807) is 17.6 Å². The summed E-state index contributed by atoms with van der Waals surface area (Å²) in [6.07, 6.45) is 1.63. The van der Waals surface area contributed by atoms with Crippen LogP contribution in [0.3, 0.4) is 0 Å². The number of hydrogen-bond donors (Lipinski definition) is 1. The summed E-state index contributed by atoms with van der Waals surface area (Å²) < 4.78 is 0. The van der Waals surface area contributed by atoms with Crippen molar-refractivity contribution in [3.05, 3.63) is 22.4 Å². The van der Waals surface area contributed by atoms with Gasteiger partial charge < -0.3 is 5.84 Å². The molecule has 0 fully saturated rings. The Balaban J connectivity index is 2.77. The normalized spacial score (nSPS) is 10.5. The van der Waals surface area contributed by atoms with Gasteiger partial charge in [0.15, 0.2) is 0 Å². The largest absolute Gasteiger partial charge is 0.323 e. The van der Waals surface area contributed by atoms with E-state index < -0.39 is 0 Å². The number of thiophene rings is 1. The molecule has 0 unspecified atom stereocenters. The van der Waals surface area contributed by atoms with Crippen molar-refractivity contribution in [1.29, 1.82) is 0 Å². The summed E-state index contributed by atoms with van der Waals surface area (Å²) in [5, 5.41) is 5.35. The standard InChI is InChI=1S/C5H6N2S/c6-7-4-5-2-1-3-8-5/h1-4H,6H2/b7-4+. The Morgan fingerprint density at radius 2 is 2.62 bits per heavy atom. The Morgan fingerprint density at radius 1 is 1.75 bits per heavy atom. The van der Waals surface area contributed by atoms with Crippen molar-refractivity contribution in [1.82, 2.24) is 0 Å². The average molecular weight is 126 g/mol. The van der Waals surface area contributed by atoms with E-state index in [-0.39, 0.29) is 0 Å². The molecule has 0 radical (unpaired) electrons. The summed E-state index contributed by atoms with van der Waals surface area (Å²) in [6, 6.07) is 3.92. The predicted molar refractivity (Wildman–Crippen MR) is 36.1 cm³/mol. The maximum atomic E-state index is 4.90. The lowest BCUT2D eigenvalue weighted by Crippen LogP contribution is -1.80. The third-order valence-corrected chi connectivity index (χ3v) is 1.55. The van der Waals surface area contributed by atoms with Gasteiger partial charge in [-0.3, -0.25) is 0 Å². The Labute approximate surface area is 51.6 Å². The maximum absolute atomic E-state index is 4.90. The molecule has 1 heterocycles. The summed E-state index contributed by atoms with van der Waals surface area (Å²) in [6.45, 7) is 0. The Morgan fingerprint density at radius 3 is 3.12 bits per heavy atom. The molecule has 0 spiro atoms. The molecule has 0 bridgehead atoms. The third kappa shape index (κ3) is 1.07. The highest BCUT2D eigenvalue weighted by atomic mass is 32.1. The van der Waals surface area contributed by atoms with Crippen LogP contribution in [-0.2, 0) is 0 Å². The Bertz CT molecular complexity index is 167. The van der Waals surface area contributed by atoms with E-state index >= 15 is 0 Å². The second-order valence-electron chi connectivity index (χ2n) is 1.29. The fraction of sp³-hybridized carbons (Fsp3) is 0. The summed E-state index contributed by atoms with van der Waals surface area (Å²) in [5.41, 5.74) is 0. The van der Waals surface area contributed by atoms with Gasteiger partial charge in [-0.2, -0.15) is 5.10 Å². The fourth-order valence-electron chi connectivity index (χ4n) is 0.438. The van der Waals surface area contributed by atoms with E-state index in [4.69, 9.17) is 5.84 Å². The molecule has 2 N–H and O–H groups in total. The van der Waals surface area contributed by atoms with Crippen LogP contribution < -0.4 is 5.84 Å². The van der Waals surface area contributed by atoms with Crippen molar-refractivity contribution >= 4 is 17.6 Å². The molecule has 0 aliphatic heterocycles. The van der Waals surface area contributed by atoms with Gasteiger partial charge in [-0.25, -0.2) is 0 Å². The number of hydrogen-bond acceptors (Lipinski definition) is 3. The number of rotatable bonds is 1. The van der Waals surface area contributed by atoms with Gasteiger partial charge in [0.25, 0.3) is 0 Å². The topological polar surface area (TPSA) is 38.4 Å². The van der Waals surface area contributed by atoms with Crippen LogP contribution in [0.25, 0.3) is 0 Å². The number of nitrogens with zero attached hydrogens (tertiary/aromatic N) is 1. The molecule has 0 saturated carbocycles. The lowest BCUT2D eigenvalue weighted by Gasteiger charge is -1.74. The van der Waals surface area contributed by atoms with Crippen LogP contribution in [-0.4, -0.2) is 6.21 Å². The zero-order valence-electron chi connectivity index (χ0n) is 4.24. The van der Waals surface area contributed by atoms with Crippen molar-refractivity contribution in [2.24, 2.45) is 10.9 Å². The van der Waals surface area contributed by atoms with Crippen LogP contribution in [0.4, 0.5) is 0 Å². The second-order valence-corrected chi connectivity index (χ2v) is 2.27. The van der Waals surface area contributed by atoms with E-state index in [0.29, 0.717) is 0 Å². The van der Waals surface area contributed by atoms with E-state index in [1.165, 1.54) is 0 Å². The molecule has 0 saturated heterocycles. The first-order valence-electron chi connectivity index (χ1n) is 2.20. The third-order valence-electron chi connectivity index (χ3n) is 0.745. The maximum Gasteiger partial charge on any atom is 0.0637 e. The fourth-order valence-corrected chi connectivity index (χ4v) is 1.03. The van der Waals surface area contributed by atoms with Crippen LogP contribution in [0.15, 0.2) is 22.6 Å². The van der Waals surface area contributed by atoms with Gasteiger partial charge in [0.2, 0.25) is 0 Å². The molecular formula is C5H6N2S. The minimum Gasteiger partial charge on any atom is -0.323 e. The highest BCUT2D eigenvalue weighted by molar-refractivity contribution is 7.11. The van der Waals surface area contributed by atoms with Crippen LogP contribution in [0.1, 0.15) is 4.88 Å². The lowest BCUT2D eigenvalue weighted by atomic mass is 10.5. The molecule has 0 aliphatic carbocycles. The Kier molecular flexibility index (Phi) is 1.64. The van der Waals surface area contributed by atoms with Crippen molar-refractivity contribution < 1.29 is 0 Å². The van der Waals surface area contributed by atoms with Gasteiger partial charge in [-0.15, -0.1) is 11.3 Å². The van der Waals surface area contributed by atoms with Gasteiger partial charge >= 0.3 is 0 Å². The molecule has 2 nitrogen and oxygen atoms in total. The smallest absolute Gasteiger partial charge is 0.0637 e. The summed E-state index contributed by atoms with van der Waals surface area (Å²) in [7, 11) is 0. The quantitative estimate of drug-likeness (QED) is 0.341. The van der Waals surface area contributed by atoms with Crippen molar-refractivity contribution in [3.63, 3.8) is 0 Å². The zero-order valence-corrected chi connectivity index (χ0v) is 5.06. The molecule has 3 heteroatoms. The Hall–Kier alpha value is -0.830. The molecule has 0 aliphatic rings. The summed E-state index contributed by atoms with van der Waals surface area (Å²) in [5.74, 6) is 4.90. The first kappa shape index (κ1) is 5.31. The molecule has 8 heavy (non-hydrogen) atoms. The van der Waals surface area contributed by atoms with Crippen LogP contribution in [0, 0.1) is 0 Å². The van der Waals surface area contributed by atoms with Gasteiger partial charge in [0, 0.05) is 4.88 Å². The van der Waals surface area contributed by atoms with Crippen LogP contribution >= 0.6 is 11.3 Å². The van der Waals surface area contributed by atoms with Crippen LogP contribution in [0.5, 0.6) is 0 Å². The van der Waals surface area contributed by atoms with Gasteiger partial charge in [0.05, 0.1) is 6.21 Å². The molecule has 0 aromatic carbocycles. The molecule has 1 aromatic heterocycles. The molecule has 0 amide bonds. The van der Waals surface area contributed by atoms with Crippen molar-refractivity contribution in [2.45, 2.75) is 0 Å². The highest BCUT2D eigenvalue weighted by Crippen LogP contribution is 2.03. The molecule has 42 valence electrons. The molecule has 0 atom stereocenters. The number of hydrazone groups is 1. The zero-order chi connectivity index (χ0) is 5.82. The van der Waals surface area contributed by atoms with Crippen molar-refractivity contribution in [3.8, 4) is 0 Å². The lowest BCUT2D eigenvalue weighted by molar-refractivity contribution is 1.27. The predicted octanol–water partition coefficient (Wildman–Crippen LogP) is 1.04. The highest BCUT2D eigenvalue weighted by Gasteiger charge is 1.82. The SMILES string of the molecule is N/N=C/c1cccs1. The van der Waals surface area contributed by atoms with E-state index in [1.807, 2.05) is 17.5 Å². The molecule has 1 rings (SSSR count).